The molecule has 1 saturated heterocycles. The third-order valence-electron chi connectivity index (χ3n) is 5.28. The molecular formula is C17H27N3. The predicted octanol–water partition coefficient (Wildman–Crippen LogP) is 2.89. The highest BCUT2D eigenvalue weighted by Crippen LogP contribution is 2.34. The van der Waals surface area contributed by atoms with Crippen molar-refractivity contribution in [2.24, 2.45) is 0 Å². The summed E-state index contributed by atoms with van der Waals surface area (Å²) in [5, 5.41) is 3.87. The number of rotatable bonds is 3. The number of hydrogen-bond acceptors (Lipinski definition) is 3. The third-order valence-corrected chi connectivity index (χ3v) is 5.28. The van der Waals surface area contributed by atoms with E-state index in [-0.39, 0.29) is 0 Å². The van der Waals surface area contributed by atoms with Crippen molar-refractivity contribution in [3.8, 4) is 0 Å². The number of pyridine rings is 1. The molecule has 3 rings (SSSR count). The molecule has 1 aromatic heterocycles. The highest BCUT2D eigenvalue weighted by molar-refractivity contribution is 5.21. The first-order chi connectivity index (χ1) is 9.72. The van der Waals surface area contributed by atoms with Gasteiger partial charge in [0.15, 0.2) is 0 Å². The molecule has 1 unspecified atom stereocenters. The zero-order valence-electron chi connectivity index (χ0n) is 12.9. The van der Waals surface area contributed by atoms with E-state index in [4.69, 9.17) is 0 Å². The van der Waals surface area contributed by atoms with Crippen LogP contribution in [0.1, 0.15) is 50.2 Å². The smallest absolute Gasteiger partial charge is 0.0309 e. The Morgan fingerprint density at radius 2 is 2.20 bits per heavy atom. The quantitative estimate of drug-likeness (QED) is 0.918. The maximum Gasteiger partial charge on any atom is 0.0309 e. The van der Waals surface area contributed by atoms with Gasteiger partial charge in [0.25, 0.3) is 0 Å². The lowest BCUT2D eigenvalue weighted by Crippen LogP contribution is -2.62. The van der Waals surface area contributed by atoms with Gasteiger partial charge in [-0.2, -0.15) is 0 Å². The van der Waals surface area contributed by atoms with E-state index in [0.717, 1.165) is 13.1 Å². The van der Waals surface area contributed by atoms with Crippen LogP contribution in [0.2, 0.25) is 0 Å². The average Bonchev–Trinajstić information content (AvgIpc) is 2.90. The minimum absolute atomic E-state index is 0.409. The summed E-state index contributed by atoms with van der Waals surface area (Å²) in [6.07, 6.45) is 10.6. The van der Waals surface area contributed by atoms with Crippen LogP contribution < -0.4 is 5.32 Å². The fraction of sp³-hybridized carbons (Fsp3) is 0.706. The second kappa shape index (κ2) is 5.82. The number of aryl methyl sites for hydroxylation is 1. The summed E-state index contributed by atoms with van der Waals surface area (Å²) in [7, 11) is 0. The van der Waals surface area contributed by atoms with Crippen molar-refractivity contribution in [2.45, 2.75) is 64.1 Å². The van der Waals surface area contributed by atoms with E-state index < -0.39 is 0 Å². The molecule has 1 aromatic rings. The highest BCUT2D eigenvalue weighted by atomic mass is 15.3. The minimum Gasteiger partial charge on any atom is -0.308 e. The molecule has 1 aliphatic heterocycles. The van der Waals surface area contributed by atoms with Crippen LogP contribution in [0.15, 0.2) is 18.5 Å². The van der Waals surface area contributed by atoms with Gasteiger partial charge in [-0.25, -0.2) is 0 Å². The van der Waals surface area contributed by atoms with E-state index in [1.807, 2.05) is 12.4 Å². The Balaban J connectivity index is 1.76. The number of nitrogens with zero attached hydrogens (tertiary/aromatic N) is 2. The van der Waals surface area contributed by atoms with Gasteiger partial charge >= 0.3 is 0 Å². The van der Waals surface area contributed by atoms with Crippen molar-refractivity contribution in [1.82, 2.24) is 15.2 Å². The SMILES string of the molecule is CCC1CNC2(CCCC2)CN1Cc1ccncc1C. The molecule has 20 heavy (non-hydrogen) atoms. The molecule has 1 spiro atoms. The van der Waals surface area contributed by atoms with E-state index in [1.54, 1.807) is 0 Å². The lowest BCUT2D eigenvalue weighted by Gasteiger charge is -2.46. The molecule has 0 radical (unpaired) electrons. The van der Waals surface area contributed by atoms with Crippen LogP contribution in [-0.4, -0.2) is 34.6 Å². The van der Waals surface area contributed by atoms with Gasteiger partial charge in [0.05, 0.1) is 0 Å². The Hall–Kier alpha value is -0.930. The van der Waals surface area contributed by atoms with Crippen LogP contribution in [0.25, 0.3) is 0 Å². The van der Waals surface area contributed by atoms with Crippen molar-refractivity contribution in [3.05, 3.63) is 29.6 Å². The molecular weight excluding hydrogens is 246 g/mol. The Morgan fingerprint density at radius 1 is 1.40 bits per heavy atom. The second-order valence-electron chi connectivity index (χ2n) is 6.64. The molecule has 1 atom stereocenters. The molecule has 3 heteroatoms. The molecule has 2 aliphatic rings. The molecule has 2 fully saturated rings. The van der Waals surface area contributed by atoms with Crippen LogP contribution in [0.4, 0.5) is 0 Å². The summed E-state index contributed by atoms with van der Waals surface area (Å²) in [4.78, 5) is 6.93. The maximum atomic E-state index is 4.22. The maximum absolute atomic E-state index is 4.22. The first-order valence-corrected chi connectivity index (χ1v) is 8.11. The number of piperazine rings is 1. The first-order valence-electron chi connectivity index (χ1n) is 8.11. The number of hydrogen-bond donors (Lipinski definition) is 1. The number of aromatic nitrogens is 1. The Morgan fingerprint density at radius 3 is 2.90 bits per heavy atom. The van der Waals surface area contributed by atoms with Gasteiger partial charge < -0.3 is 5.32 Å². The van der Waals surface area contributed by atoms with Crippen molar-refractivity contribution in [2.75, 3.05) is 13.1 Å². The number of nitrogens with one attached hydrogen (secondary N) is 1. The van der Waals surface area contributed by atoms with Gasteiger partial charge in [-0.1, -0.05) is 19.8 Å². The van der Waals surface area contributed by atoms with Crippen LogP contribution in [0, 0.1) is 6.92 Å². The molecule has 1 saturated carbocycles. The Kier molecular flexibility index (Phi) is 4.08. The molecule has 110 valence electrons. The van der Waals surface area contributed by atoms with E-state index in [1.165, 1.54) is 49.8 Å². The highest BCUT2D eigenvalue weighted by Gasteiger charge is 2.40. The van der Waals surface area contributed by atoms with Crippen molar-refractivity contribution in [3.63, 3.8) is 0 Å². The van der Waals surface area contributed by atoms with E-state index in [2.05, 4.69) is 35.1 Å². The topological polar surface area (TPSA) is 28.2 Å². The molecule has 1 N–H and O–H groups in total. The van der Waals surface area contributed by atoms with Crippen molar-refractivity contribution in [1.29, 1.82) is 0 Å². The fourth-order valence-electron chi connectivity index (χ4n) is 3.91. The Labute approximate surface area is 122 Å². The molecule has 0 bridgehead atoms. The monoisotopic (exact) mass is 273 g/mol. The third kappa shape index (κ3) is 2.75. The van der Waals surface area contributed by atoms with Gasteiger partial charge in [-0.15, -0.1) is 0 Å². The summed E-state index contributed by atoms with van der Waals surface area (Å²) in [5.74, 6) is 0. The van der Waals surface area contributed by atoms with Crippen LogP contribution in [0.3, 0.4) is 0 Å². The van der Waals surface area contributed by atoms with Gasteiger partial charge in [-0.3, -0.25) is 9.88 Å². The summed E-state index contributed by atoms with van der Waals surface area (Å²) in [5.41, 5.74) is 3.17. The van der Waals surface area contributed by atoms with Gasteiger partial charge in [0.1, 0.15) is 0 Å². The van der Waals surface area contributed by atoms with E-state index in [9.17, 15) is 0 Å². The van der Waals surface area contributed by atoms with Gasteiger partial charge in [0, 0.05) is 43.6 Å². The molecule has 0 amide bonds. The summed E-state index contributed by atoms with van der Waals surface area (Å²) in [6, 6.07) is 2.86. The van der Waals surface area contributed by atoms with Gasteiger partial charge in [-0.05, 0) is 43.4 Å². The lowest BCUT2D eigenvalue weighted by atomic mass is 9.91. The van der Waals surface area contributed by atoms with Crippen molar-refractivity contribution >= 4 is 0 Å². The summed E-state index contributed by atoms with van der Waals surface area (Å²) >= 11 is 0. The normalized spacial score (nSPS) is 26.2. The van der Waals surface area contributed by atoms with Gasteiger partial charge in [0.2, 0.25) is 0 Å². The largest absolute Gasteiger partial charge is 0.308 e. The van der Waals surface area contributed by atoms with E-state index in [0.29, 0.717) is 11.6 Å². The fourth-order valence-corrected chi connectivity index (χ4v) is 3.91. The molecule has 1 aliphatic carbocycles. The molecule has 2 heterocycles. The first kappa shape index (κ1) is 14.0. The van der Waals surface area contributed by atoms with Crippen LogP contribution in [-0.2, 0) is 6.54 Å². The van der Waals surface area contributed by atoms with Crippen LogP contribution in [0.5, 0.6) is 0 Å². The van der Waals surface area contributed by atoms with Crippen LogP contribution >= 0.6 is 0 Å². The summed E-state index contributed by atoms with van der Waals surface area (Å²) in [6.45, 7) is 7.94. The van der Waals surface area contributed by atoms with Crippen molar-refractivity contribution < 1.29 is 0 Å². The summed E-state index contributed by atoms with van der Waals surface area (Å²) < 4.78 is 0. The minimum atomic E-state index is 0.409. The predicted molar refractivity (Wildman–Crippen MR) is 82.7 cm³/mol. The lowest BCUT2D eigenvalue weighted by molar-refractivity contribution is 0.0716. The Bertz CT molecular complexity index is 451. The average molecular weight is 273 g/mol. The molecule has 0 aromatic carbocycles. The zero-order valence-corrected chi connectivity index (χ0v) is 12.9. The standard InChI is InChI=1S/C17H27N3/c1-3-16-11-19-17(7-4-5-8-17)13-20(16)12-15-6-9-18-10-14(15)2/h6,9-10,16,19H,3-5,7-8,11-13H2,1-2H3. The molecule has 3 nitrogen and oxygen atoms in total. The zero-order chi connectivity index (χ0) is 14.0. The second-order valence-corrected chi connectivity index (χ2v) is 6.64. The van der Waals surface area contributed by atoms with E-state index >= 15 is 0 Å².